The Morgan fingerprint density at radius 3 is 2.72 bits per heavy atom. The van der Waals surface area contributed by atoms with Crippen molar-refractivity contribution < 1.29 is 4.74 Å². The highest BCUT2D eigenvalue weighted by molar-refractivity contribution is 9.09. The van der Waals surface area contributed by atoms with Gasteiger partial charge in [0.25, 0.3) is 0 Å². The molecule has 2 atom stereocenters. The average molecular weight is 312 g/mol. The summed E-state index contributed by atoms with van der Waals surface area (Å²) in [6.07, 6.45) is 1.29. The van der Waals surface area contributed by atoms with E-state index in [0.717, 1.165) is 32.7 Å². The van der Waals surface area contributed by atoms with Crippen LogP contribution in [0.5, 0.6) is 0 Å². The van der Waals surface area contributed by atoms with Crippen molar-refractivity contribution in [2.45, 2.75) is 31.2 Å². The highest BCUT2D eigenvalue weighted by atomic mass is 79.9. The molecule has 2 rings (SSSR count). The zero-order valence-electron chi connectivity index (χ0n) is 11.2. The maximum atomic E-state index is 6.09. The number of alkyl halides is 1. The fraction of sp³-hybridized carbons (Fsp3) is 0.600. The first kappa shape index (κ1) is 14.0. The van der Waals surface area contributed by atoms with Crippen molar-refractivity contribution in [1.29, 1.82) is 0 Å². The van der Waals surface area contributed by atoms with E-state index >= 15 is 0 Å². The molecule has 1 aliphatic carbocycles. The van der Waals surface area contributed by atoms with Crippen LogP contribution in [0.3, 0.4) is 0 Å². The van der Waals surface area contributed by atoms with Crippen molar-refractivity contribution in [3.05, 3.63) is 35.4 Å². The lowest BCUT2D eigenvalue weighted by Gasteiger charge is -2.21. The minimum Gasteiger partial charge on any atom is -0.371 e. The van der Waals surface area contributed by atoms with E-state index in [4.69, 9.17) is 4.74 Å². The van der Waals surface area contributed by atoms with Crippen LogP contribution in [0.15, 0.2) is 24.3 Å². The first-order valence-corrected chi connectivity index (χ1v) is 7.73. The van der Waals surface area contributed by atoms with Gasteiger partial charge in [-0.25, -0.2) is 0 Å². The molecule has 1 aliphatic rings. The number of hydrogen-bond acceptors (Lipinski definition) is 2. The molecular formula is C15H22BrNO. The summed E-state index contributed by atoms with van der Waals surface area (Å²) in [6.45, 7) is 8.41. The molecule has 0 spiro atoms. The average Bonchev–Trinajstić information content (AvgIpc) is 2.71. The number of hydrogen-bond donors (Lipinski definition) is 0. The number of nitrogens with zero attached hydrogens (tertiary/aromatic N) is 1. The number of ether oxygens (including phenoxy) is 1. The molecule has 0 radical (unpaired) electrons. The molecule has 0 amide bonds. The lowest BCUT2D eigenvalue weighted by molar-refractivity contribution is 0.0436. The van der Waals surface area contributed by atoms with E-state index < -0.39 is 0 Å². The summed E-state index contributed by atoms with van der Waals surface area (Å²) in [4.78, 5) is 2.82. The van der Waals surface area contributed by atoms with E-state index in [-0.39, 0.29) is 6.10 Å². The van der Waals surface area contributed by atoms with Crippen LogP contribution in [0.25, 0.3) is 0 Å². The summed E-state index contributed by atoms with van der Waals surface area (Å²) in [6, 6.07) is 8.61. The molecule has 0 aromatic heterocycles. The van der Waals surface area contributed by atoms with Gasteiger partial charge in [-0.05, 0) is 30.6 Å². The summed E-state index contributed by atoms with van der Waals surface area (Å²) in [5, 5.41) is 0. The quantitative estimate of drug-likeness (QED) is 0.747. The summed E-state index contributed by atoms with van der Waals surface area (Å²) in [5.41, 5.74) is 2.78. The van der Waals surface area contributed by atoms with Gasteiger partial charge in [-0.3, -0.25) is 0 Å². The molecule has 0 N–H and O–H groups in total. The SMILES string of the molecule is CCN(CC)CCOC1c2ccccc2CC1Br. The van der Waals surface area contributed by atoms with Crippen molar-refractivity contribution in [2.75, 3.05) is 26.2 Å². The Bertz CT molecular complexity index is 379. The molecule has 2 unspecified atom stereocenters. The minimum atomic E-state index is 0.219. The van der Waals surface area contributed by atoms with Crippen LogP contribution in [-0.2, 0) is 11.2 Å². The zero-order valence-corrected chi connectivity index (χ0v) is 12.8. The van der Waals surface area contributed by atoms with Gasteiger partial charge in [-0.15, -0.1) is 0 Å². The van der Waals surface area contributed by atoms with Gasteiger partial charge in [0.2, 0.25) is 0 Å². The van der Waals surface area contributed by atoms with Gasteiger partial charge in [0.15, 0.2) is 0 Å². The molecule has 100 valence electrons. The minimum absolute atomic E-state index is 0.219. The van der Waals surface area contributed by atoms with Crippen molar-refractivity contribution in [2.24, 2.45) is 0 Å². The van der Waals surface area contributed by atoms with Gasteiger partial charge < -0.3 is 9.64 Å². The van der Waals surface area contributed by atoms with E-state index in [2.05, 4.69) is 58.9 Å². The predicted molar refractivity (Wildman–Crippen MR) is 79.3 cm³/mol. The molecule has 0 heterocycles. The largest absolute Gasteiger partial charge is 0.371 e. The van der Waals surface area contributed by atoms with Gasteiger partial charge in [0.1, 0.15) is 0 Å². The second kappa shape index (κ2) is 6.69. The highest BCUT2D eigenvalue weighted by Crippen LogP contribution is 2.38. The monoisotopic (exact) mass is 311 g/mol. The summed E-state index contributed by atoms with van der Waals surface area (Å²) >= 11 is 3.75. The molecule has 0 saturated carbocycles. The van der Waals surface area contributed by atoms with E-state index in [1.165, 1.54) is 11.1 Å². The van der Waals surface area contributed by atoms with Crippen LogP contribution in [0.4, 0.5) is 0 Å². The molecular weight excluding hydrogens is 290 g/mol. The van der Waals surface area contributed by atoms with Crippen molar-refractivity contribution in [3.8, 4) is 0 Å². The van der Waals surface area contributed by atoms with Crippen LogP contribution in [0.2, 0.25) is 0 Å². The van der Waals surface area contributed by atoms with Crippen LogP contribution >= 0.6 is 15.9 Å². The van der Waals surface area contributed by atoms with Crippen LogP contribution in [0.1, 0.15) is 31.1 Å². The third-order valence-electron chi connectivity index (χ3n) is 3.70. The van der Waals surface area contributed by atoms with E-state index in [1.807, 2.05) is 0 Å². The van der Waals surface area contributed by atoms with E-state index in [0.29, 0.717) is 4.83 Å². The second-order valence-electron chi connectivity index (χ2n) is 4.74. The van der Waals surface area contributed by atoms with Crippen LogP contribution < -0.4 is 0 Å². The molecule has 3 heteroatoms. The Morgan fingerprint density at radius 2 is 2.00 bits per heavy atom. The normalized spacial score (nSPS) is 22.4. The Balaban J connectivity index is 1.90. The smallest absolute Gasteiger partial charge is 0.0956 e. The molecule has 1 aromatic rings. The van der Waals surface area contributed by atoms with Gasteiger partial charge in [-0.1, -0.05) is 54.0 Å². The molecule has 1 aromatic carbocycles. The van der Waals surface area contributed by atoms with Gasteiger partial charge in [-0.2, -0.15) is 0 Å². The fourth-order valence-electron chi connectivity index (χ4n) is 2.55. The lowest BCUT2D eigenvalue weighted by atomic mass is 10.1. The molecule has 0 aliphatic heterocycles. The maximum absolute atomic E-state index is 6.09. The van der Waals surface area contributed by atoms with Crippen molar-refractivity contribution in [3.63, 3.8) is 0 Å². The Labute approximate surface area is 118 Å². The first-order chi connectivity index (χ1) is 8.76. The number of rotatable bonds is 6. The van der Waals surface area contributed by atoms with Gasteiger partial charge >= 0.3 is 0 Å². The second-order valence-corrected chi connectivity index (χ2v) is 5.91. The van der Waals surface area contributed by atoms with Crippen LogP contribution in [0, 0.1) is 0 Å². The summed E-state index contributed by atoms with van der Waals surface area (Å²) < 4.78 is 6.09. The Hall–Kier alpha value is -0.380. The molecule has 0 saturated heterocycles. The number of fused-ring (bicyclic) bond motifs is 1. The van der Waals surface area contributed by atoms with Crippen LogP contribution in [-0.4, -0.2) is 36.0 Å². The molecule has 18 heavy (non-hydrogen) atoms. The summed E-state index contributed by atoms with van der Waals surface area (Å²) in [7, 11) is 0. The number of benzene rings is 1. The fourth-order valence-corrected chi connectivity index (χ4v) is 3.34. The molecule has 0 fully saturated rings. The van der Waals surface area contributed by atoms with Gasteiger partial charge in [0, 0.05) is 11.4 Å². The third kappa shape index (κ3) is 3.14. The zero-order chi connectivity index (χ0) is 13.0. The predicted octanol–water partition coefficient (Wildman–Crippen LogP) is 3.41. The van der Waals surface area contributed by atoms with E-state index in [9.17, 15) is 0 Å². The summed E-state index contributed by atoms with van der Waals surface area (Å²) in [5.74, 6) is 0. The van der Waals surface area contributed by atoms with E-state index in [1.54, 1.807) is 0 Å². The lowest BCUT2D eigenvalue weighted by Crippen LogP contribution is -2.28. The maximum Gasteiger partial charge on any atom is 0.0956 e. The molecule has 2 nitrogen and oxygen atoms in total. The number of likely N-dealkylation sites (N-methyl/N-ethyl adjacent to an activating group) is 1. The Kier molecular flexibility index (Phi) is 5.22. The standard InChI is InChI=1S/C15H22BrNO/c1-3-17(4-2)9-10-18-15-13-8-6-5-7-12(13)11-14(15)16/h5-8,14-15H,3-4,9-11H2,1-2H3. The van der Waals surface area contributed by atoms with Crippen molar-refractivity contribution in [1.82, 2.24) is 4.90 Å². The molecule has 0 bridgehead atoms. The topological polar surface area (TPSA) is 12.5 Å². The number of halogens is 1. The van der Waals surface area contributed by atoms with Gasteiger partial charge in [0.05, 0.1) is 12.7 Å². The first-order valence-electron chi connectivity index (χ1n) is 6.82. The highest BCUT2D eigenvalue weighted by Gasteiger charge is 2.30. The van der Waals surface area contributed by atoms with Crippen molar-refractivity contribution >= 4 is 15.9 Å². The third-order valence-corrected chi connectivity index (χ3v) is 4.51. The Morgan fingerprint density at radius 1 is 1.28 bits per heavy atom.